The van der Waals surface area contributed by atoms with Gasteiger partial charge in [0.05, 0.1) is 12.7 Å². The summed E-state index contributed by atoms with van der Waals surface area (Å²) in [5.74, 6) is -0.905. The smallest absolute Gasteiger partial charge is 0.339 e. The molecule has 1 amide bonds. The molecule has 1 rings (SSSR count). The van der Waals surface area contributed by atoms with Crippen molar-refractivity contribution in [2.75, 3.05) is 12.8 Å². The van der Waals surface area contributed by atoms with E-state index in [9.17, 15) is 9.59 Å². The zero-order chi connectivity index (χ0) is 12.8. The van der Waals surface area contributed by atoms with Gasteiger partial charge in [0, 0.05) is 12.1 Å². The zero-order valence-electron chi connectivity index (χ0n) is 9.47. The first kappa shape index (κ1) is 12.8. The van der Waals surface area contributed by atoms with Gasteiger partial charge in [-0.3, -0.25) is 4.79 Å². The molecule has 0 aliphatic rings. The minimum absolute atomic E-state index is 0.151. The third-order valence-corrected chi connectivity index (χ3v) is 2.11. The minimum atomic E-state index is -0.493. The van der Waals surface area contributed by atoms with Crippen LogP contribution < -0.4 is 11.5 Å². The average Bonchev–Trinajstić information content (AvgIpc) is 2.30. The number of hydrogen-bond donors (Lipinski definition) is 2. The Balaban J connectivity index is 2.92. The van der Waals surface area contributed by atoms with Gasteiger partial charge in [-0.15, -0.1) is 0 Å². The highest BCUT2D eigenvalue weighted by molar-refractivity contribution is 5.95. The topological polar surface area (TPSA) is 95.4 Å². The molecule has 0 aliphatic carbocycles. The third-order valence-electron chi connectivity index (χ3n) is 2.11. The number of carbonyl (C=O) groups excluding carboxylic acids is 2. The molecule has 1 aromatic rings. The summed E-state index contributed by atoms with van der Waals surface area (Å²) in [6.45, 7) is 0. The Morgan fingerprint density at radius 1 is 1.41 bits per heavy atom. The summed E-state index contributed by atoms with van der Waals surface area (Å²) in [6.07, 6.45) is 3.46. The highest BCUT2D eigenvalue weighted by atomic mass is 16.5. The number of esters is 1. The first-order valence-electron chi connectivity index (χ1n) is 4.97. The summed E-state index contributed by atoms with van der Waals surface area (Å²) in [5.41, 5.74) is 12.0. The first-order chi connectivity index (χ1) is 8.04. The number of carbonyl (C=O) groups is 2. The van der Waals surface area contributed by atoms with Crippen LogP contribution in [0.4, 0.5) is 5.69 Å². The number of nitrogens with two attached hydrogens (primary N) is 2. The van der Waals surface area contributed by atoms with Gasteiger partial charge in [0.2, 0.25) is 5.91 Å². The van der Waals surface area contributed by atoms with Crippen LogP contribution in [0.1, 0.15) is 22.3 Å². The van der Waals surface area contributed by atoms with Crippen LogP contribution in [-0.2, 0) is 9.53 Å². The molecule has 0 aromatic heterocycles. The Labute approximate surface area is 99.0 Å². The molecule has 0 saturated heterocycles. The molecular formula is C12H14N2O3. The number of hydrogen-bond acceptors (Lipinski definition) is 4. The van der Waals surface area contributed by atoms with E-state index in [2.05, 4.69) is 4.74 Å². The molecule has 0 saturated carbocycles. The van der Waals surface area contributed by atoms with Crippen molar-refractivity contribution in [3.63, 3.8) is 0 Å². The third kappa shape index (κ3) is 3.64. The van der Waals surface area contributed by atoms with Crippen molar-refractivity contribution in [2.45, 2.75) is 6.42 Å². The Morgan fingerprint density at radius 3 is 2.71 bits per heavy atom. The van der Waals surface area contributed by atoms with Crippen LogP contribution in [-0.4, -0.2) is 19.0 Å². The lowest BCUT2D eigenvalue weighted by Crippen LogP contribution is -2.08. The number of primary amides is 1. The summed E-state index contributed by atoms with van der Waals surface area (Å²) < 4.78 is 4.60. The number of benzene rings is 1. The van der Waals surface area contributed by atoms with E-state index in [0.717, 1.165) is 5.56 Å². The second-order valence-corrected chi connectivity index (χ2v) is 3.41. The SMILES string of the molecule is COC(=O)c1cc(C=CCC(N)=O)ccc1N. The molecule has 4 N–H and O–H groups in total. The van der Waals surface area contributed by atoms with Gasteiger partial charge < -0.3 is 16.2 Å². The molecule has 0 spiro atoms. The standard InChI is InChI=1S/C12H14N2O3/c1-17-12(16)9-7-8(5-6-10(9)13)3-2-4-11(14)15/h2-3,5-7H,4,13H2,1H3,(H2,14,15). The minimum Gasteiger partial charge on any atom is -0.465 e. The zero-order valence-corrected chi connectivity index (χ0v) is 9.47. The molecule has 0 unspecified atom stereocenters. The molecular weight excluding hydrogens is 220 g/mol. The summed E-state index contributed by atoms with van der Waals surface area (Å²) >= 11 is 0. The number of methoxy groups -OCH3 is 1. The number of rotatable bonds is 4. The second kappa shape index (κ2) is 5.69. The Bertz CT molecular complexity index is 467. The summed E-state index contributed by atoms with van der Waals surface area (Å²) in [5, 5.41) is 0. The maximum absolute atomic E-state index is 11.4. The second-order valence-electron chi connectivity index (χ2n) is 3.41. The van der Waals surface area contributed by atoms with E-state index in [0.29, 0.717) is 11.3 Å². The van der Waals surface area contributed by atoms with Crippen LogP contribution in [0.25, 0.3) is 6.08 Å². The van der Waals surface area contributed by atoms with E-state index in [1.165, 1.54) is 7.11 Å². The van der Waals surface area contributed by atoms with Crippen molar-refractivity contribution in [3.05, 3.63) is 35.4 Å². The molecule has 0 fully saturated rings. The Kier molecular flexibility index (Phi) is 4.28. The maximum Gasteiger partial charge on any atom is 0.339 e. The fourth-order valence-electron chi connectivity index (χ4n) is 1.28. The van der Waals surface area contributed by atoms with Crippen molar-refractivity contribution in [1.29, 1.82) is 0 Å². The molecule has 17 heavy (non-hydrogen) atoms. The van der Waals surface area contributed by atoms with E-state index in [1.54, 1.807) is 30.4 Å². The van der Waals surface area contributed by atoms with Gasteiger partial charge >= 0.3 is 5.97 Å². The summed E-state index contributed by atoms with van der Waals surface area (Å²) in [6, 6.07) is 4.94. The highest BCUT2D eigenvalue weighted by Crippen LogP contribution is 2.16. The van der Waals surface area contributed by atoms with Crippen molar-refractivity contribution in [1.82, 2.24) is 0 Å². The first-order valence-corrected chi connectivity index (χ1v) is 4.97. The van der Waals surface area contributed by atoms with Crippen molar-refractivity contribution < 1.29 is 14.3 Å². The molecule has 0 aliphatic heterocycles. The van der Waals surface area contributed by atoms with Crippen LogP contribution >= 0.6 is 0 Å². The Hall–Kier alpha value is -2.30. The van der Waals surface area contributed by atoms with Gasteiger partial charge in [-0.25, -0.2) is 4.79 Å². The van der Waals surface area contributed by atoms with Crippen LogP contribution in [0.2, 0.25) is 0 Å². The van der Waals surface area contributed by atoms with Crippen LogP contribution in [0.3, 0.4) is 0 Å². The molecule has 0 radical (unpaired) electrons. The summed E-state index contributed by atoms with van der Waals surface area (Å²) in [7, 11) is 1.29. The predicted octanol–water partition coefficient (Wildman–Crippen LogP) is 0.944. The van der Waals surface area contributed by atoms with Gasteiger partial charge in [-0.2, -0.15) is 0 Å². The van der Waals surface area contributed by atoms with Gasteiger partial charge in [0.25, 0.3) is 0 Å². The van der Waals surface area contributed by atoms with E-state index in [1.807, 2.05) is 0 Å². The highest BCUT2D eigenvalue weighted by Gasteiger charge is 2.09. The van der Waals surface area contributed by atoms with Gasteiger partial charge in [-0.1, -0.05) is 18.2 Å². The Morgan fingerprint density at radius 2 is 2.12 bits per heavy atom. The number of amides is 1. The lowest BCUT2D eigenvalue weighted by Gasteiger charge is -2.04. The molecule has 0 heterocycles. The van der Waals surface area contributed by atoms with Crippen molar-refractivity contribution in [2.24, 2.45) is 5.73 Å². The predicted molar refractivity (Wildman–Crippen MR) is 65.0 cm³/mol. The number of anilines is 1. The fraction of sp³-hybridized carbons (Fsp3) is 0.167. The average molecular weight is 234 g/mol. The lowest BCUT2D eigenvalue weighted by molar-refractivity contribution is -0.117. The summed E-state index contributed by atoms with van der Waals surface area (Å²) in [4.78, 5) is 21.9. The van der Waals surface area contributed by atoms with Crippen LogP contribution in [0.15, 0.2) is 24.3 Å². The lowest BCUT2D eigenvalue weighted by atomic mass is 10.1. The van der Waals surface area contributed by atoms with Crippen LogP contribution in [0, 0.1) is 0 Å². The van der Waals surface area contributed by atoms with Crippen molar-refractivity contribution in [3.8, 4) is 0 Å². The largest absolute Gasteiger partial charge is 0.465 e. The molecule has 90 valence electrons. The fourth-order valence-corrected chi connectivity index (χ4v) is 1.28. The number of nitrogen functional groups attached to an aromatic ring is 1. The van der Waals surface area contributed by atoms with Gasteiger partial charge in [-0.05, 0) is 17.7 Å². The van der Waals surface area contributed by atoms with Crippen LogP contribution in [0.5, 0.6) is 0 Å². The monoisotopic (exact) mass is 234 g/mol. The number of ether oxygens (including phenoxy) is 1. The van der Waals surface area contributed by atoms with E-state index in [4.69, 9.17) is 11.5 Å². The van der Waals surface area contributed by atoms with Gasteiger partial charge in [0.15, 0.2) is 0 Å². The van der Waals surface area contributed by atoms with Gasteiger partial charge in [0.1, 0.15) is 0 Å². The molecule has 5 nitrogen and oxygen atoms in total. The molecule has 0 atom stereocenters. The van der Waals surface area contributed by atoms with Crippen molar-refractivity contribution >= 4 is 23.6 Å². The maximum atomic E-state index is 11.4. The van der Waals surface area contributed by atoms with E-state index >= 15 is 0 Å². The van der Waals surface area contributed by atoms with E-state index in [-0.39, 0.29) is 6.42 Å². The quantitative estimate of drug-likeness (QED) is 0.598. The molecule has 0 bridgehead atoms. The van der Waals surface area contributed by atoms with E-state index < -0.39 is 11.9 Å². The molecule has 5 heteroatoms. The molecule has 1 aromatic carbocycles. The normalized spacial score (nSPS) is 10.4.